The Morgan fingerprint density at radius 3 is 3.05 bits per heavy atom. The standard InChI is InChI=1S/C16H20FN3S/c1-3-20(12-7-4-6-11(17)10-12)16-19-15-13(18-2)8-5-9-14(15)21-16/h4,6-7,10,13,18H,3,5,8-9H2,1-2H3. The van der Waals surface area contributed by atoms with Crippen LogP contribution in [0.5, 0.6) is 0 Å². The Hall–Kier alpha value is -1.46. The van der Waals surface area contributed by atoms with Gasteiger partial charge in [0.2, 0.25) is 0 Å². The van der Waals surface area contributed by atoms with Crippen LogP contribution in [0.25, 0.3) is 0 Å². The van der Waals surface area contributed by atoms with Gasteiger partial charge in [-0.2, -0.15) is 0 Å². The summed E-state index contributed by atoms with van der Waals surface area (Å²) in [7, 11) is 1.99. The third-order valence-corrected chi connectivity index (χ3v) is 5.11. The average Bonchev–Trinajstić information content (AvgIpc) is 2.91. The maximum Gasteiger partial charge on any atom is 0.190 e. The molecular weight excluding hydrogens is 285 g/mol. The minimum atomic E-state index is -0.208. The van der Waals surface area contributed by atoms with Crippen LogP contribution in [0.2, 0.25) is 0 Å². The molecule has 2 aromatic rings. The summed E-state index contributed by atoms with van der Waals surface area (Å²) in [5.74, 6) is -0.208. The Labute approximate surface area is 128 Å². The van der Waals surface area contributed by atoms with E-state index in [1.165, 1.54) is 23.1 Å². The summed E-state index contributed by atoms with van der Waals surface area (Å²) in [6.07, 6.45) is 3.44. The van der Waals surface area contributed by atoms with Crippen molar-refractivity contribution in [2.24, 2.45) is 0 Å². The molecule has 1 atom stereocenters. The van der Waals surface area contributed by atoms with Crippen LogP contribution in [0.3, 0.4) is 0 Å². The Kier molecular flexibility index (Phi) is 4.22. The molecule has 0 fully saturated rings. The SMILES string of the molecule is CCN(c1cccc(F)c1)c1nc2c(s1)CCCC2NC. The highest BCUT2D eigenvalue weighted by Gasteiger charge is 2.25. The van der Waals surface area contributed by atoms with Crippen molar-refractivity contribution in [1.29, 1.82) is 0 Å². The summed E-state index contributed by atoms with van der Waals surface area (Å²) in [4.78, 5) is 8.29. The number of hydrogen-bond acceptors (Lipinski definition) is 4. The lowest BCUT2D eigenvalue weighted by Gasteiger charge is -2.20. The molecule has 0 bridgehead atoms. The zero-order valence-electron chi connectivity index (χ0n) is 12.4. The van der Waals surface area contributed by atoms with E-state index >= 15 is 0 Å². The number of nitrogens with zero attached hydrogens (tertiary/aromatic N) is 2. The molecule has 3 nitrogen and oxygen atoms in total. The second-order valence-electron chi connectivity index (χ2n) is 5.26. The summed E-state index contributed by atoms with van der Waals surface area (Å²) in [5.41, 5.74) is 2.04. The molecule has 3 rings (SSSR count). The first-order valence-corrected chi connectivity index (χ1v) is 8.24. The third kappa shape index (κ3) is 2.80. The molecule has 0 aliphatic heterocycles. The van der Waals surface area contributed by atoms with Crippen LogP contribution in [0.1, 0.15) is 36.4 Å². The molecule has 21 heavy (non-hydrogen) atoms. The number of aryl methyl sites for hydroxylation is 1. The highest BCUT2D eigenvalue weighted by atomic mass is 32.1. The molecule has 1 unspecified atom stereocenters. The second-order valence-corrected chi connectivity index (χ2v) is 6.32. The predicted octanol–water partition coefficient (Wildman–Crippen LogP) is 4.04. The van der Waals surface area contributed by atoms with Crippen molar-refractivity contribution in [3.05, 3.63) is 40.7 Å². The first kappa shape index (κ1) is 14.5. The van der Waals surface area contributed by atoms with Gasteiger partial charge < -0.3 is 10.2 Å². The molecule has 1 aliphatic carbocycles. The van der Waals surface area contributed by atoms with E-state index in [0.717, 1.165) is 30.2 Å². The van der Waals surface area contributed by atoms with Crippen LogP contribution in [-0.2, 0) is 6.42 Å². The molecule has 0 amide bonds. The van der Waals surface area contributed by atoms with Crippen LogP contribution < -0.4 is 10.2 Å². The highest BCUT2D eigenvalue weighted by molar-refractivity contribution is 7.15. The monoisotopic (exact) mass is 305 g/mol. The minimum Gasteiger partial charge on any atom is -0.318 e. The lowest BCUT2D eigenvalue weighted by Crippen LogP contribution is -2.21. The predicted molar refractivity (Wildman–Crippen MR) is 85.9 cm³/mol. The van der Waals surface area contributed by atoms with E-state index in [1.807, 2.05) is 13.1 Å². The summed E-state index contributed by atoms with van der Waals surface area (Å²) in [6.45, 7) is 2.85. The van der Waals surface area contributed by atoms with Crippen LogP contribution in [-0.4, -0.2) is 18.6 Å². The molecule has 112 valence electrons. The Morgan fingerprint density at radius 2 is 2.33 bits per heavy atom. The fraction of sp³-hybridized carbons (Fsp3) is 0.438. The number of anilines is 2. The molecule has 1 aliphatic rings. The maximum atomic E-state index is 13.5. The summed E-state index contributed by atoms with van der Waals surface area (Å²) in [6, 6.07) is 7.07. The van der Waals surface area contributed by atoms with Crippen molar-refractivity contribution in [1.82, 2.24) is 10.3 Å². The van der Waals surface area contributed by atoms with E-state index in [-0.39, 0.29) is 5.82 Å². The molecule has 0 radical (unpaired) electrons. The van der Waals surface area contributed by atoms with Gasteiger partial charge in [-0.3, -0.25) is 0 Å². The fourth-order valence-electron chi connectivity index (χ4n) is 2.87. The number of fused-ring (bicyclic) bond motifs is 1. The van der Waals surface area contributed by atoms with E-state index < -0.39 is 0 Å². The van der Waals surface area contributed by atoms with Gasteiger partial charge in [0, 0.05) is 17.1 Å². The van der Waals surface area contributed by atoms with Gasteiger partial charge in [-0.15, -0.1) is 11.3 Å². The lowest BCUT2D eigenvalue weighted by atomic mass is 9.98. The van der Waals surface area contributed by atoms with Gasteiger partial charge in [0.25, 0.3) is 0 Å². The molecule has 5 heteroatoms. The van der Waals surface area contributed by atoms with Crippen molar-refractivity contribution < 1.29 is 4.39 Å². The van der Waals surface area contributed by atoms with Crippen molar-refractivity contribution >= 4 is 22.2 Å². The van der Waals surface area contributed by atoms with Crippen molar-refractivity contribution in [3.8, 4) is 0 Å². The number of halogens is 1. The zero-order chi connectivity index (χ0) is 14.8. The first-order chi connectivity index (χ1) is 10.2. The number of rotatable bonds is 4. The quantitative estimate of drug-likeness (QED) is 0.924. The molecule has 1 N–H and O–H groups in total. The minimum absolute atomic E-state index is 0.208. The largest absolute Gasteiger partial charge is 0.318 e. The van der Waals surface area contributed by atoms with Crippen LogP contribution in [0.4, 0.5) is 15.2 Å². The molecule has 1 heterocycles. The summed E-state index contributed by atoms with van der Waals surface area (Å²) in [5, 5.41) is 4.31. The van der Waals surface area contributed by atoms with E-state index in [4.69, 9.17) is 4.98 Å². The molecule has 0 spiro atoms. The van der Waals surface area contributed by atoms with E-state index in [1.54, 1.807) is 23.5 Å². The number of thiazole rings is 1. The van der Waals surface area contributed by atoms with E-state index in [0.29, 0.717) is 6.04 Å². The molecule has 1 aromatic heterocycles. The Bertz CT molecular complexity index is 626. The molecule has 0 saturated heterocycles. The van der Waals surface area contributed by atoms with Crippen LogP contribution in [0.15, 0.2) is 24.3 Å². The third-order valence-electron chi connectivity index (χ3n) is 3.96. The van der Waals surface area contributed by atoms with Crippen LogP contribution >= 0.6 is 11.3 Å². The van der Waals surface area contributed by atoms with E-state index in [9.17, 15) is 4.39 Å². The highest BCUT2D eigenvalue weighted by Crippen LogP contribution is 2.38. The summed E-state index contributed by atoms with van der Waals surface area (Å²) >= 11 is 1.74. The van der Waals surface area contributed by atoms with Crippen molar-refractivity contribution in [3.63, 3.8) is 0 Å². The topological polar surface area (TPSA) is 28.2 Å². The van der Waals surface area contributed by atoms with Gasteiger partial charge in [-0.1, -0.05) is 6.07 Å². The first-order valence-electron chi connectivity index (χ1n) is 7.43. The number of benzene rings is 1. The average molecular weight is 305 g/mol. The van der Waals surface area contributed by atoms with Gasteiger partial charge in [0.15, 0.2) is 5.13 Å². The normalized spacial score (nSPS) is 17.6. The maximum absolute atomic E-state index is 13.5. The van der Waals surface area contributed by atoms with Gasteiger partial charge in [0.05, 0.1) is 11.7 Å². The lowest BCUT2D eigenvalue weighted by molar-refractivity contribution is 0.490. The molecule has 0 saturated carbocycles. The smallest absolute Gasteiger partial charge is 0.190 e. The molecule has 1 aromatic carbocycles. The van der Waals surface area contributed by atoms with Crippen molar-refractivity contribution in [2.45, 2.75) is 32.2 Å². The van der Waals surface area contributed by atoms with Gasteiger partial charge in [-0.25, -0.2) is 9.37 Å². The van der Waals surface area contributed by atoms with Crippen molar-refractivity contribution in [2.75, 3.05) is 18.5 Å². The van der Waals surface area contributed by atoms with Gasteiger partial charge >= 0.3 is 0 Å². The van der Waals surface area contributed by atoms with Gasteiger partial charge in [0.1, 0.15) is 5.82 Å². The second kappa shape index (κ2) is 6.12. The Morgan fingerprint density at radius 1 is 1.48 bits per heavy atom. The van der Waals surface area contributed by atoms with E-state index in [2.05, 4.69) is 17.1 Å². The Balaban J connectivity index is 1.97. The number of aromatic nitrogens is 1. The number of nitrogens with one attached hydrogen (secondary N) is 1. The summed E-state index contributed by atoms with van der Waals surface area (Å²) < 4.78 is 13.5. The van der Waals surface area contributed by atoms with Crippen LogP contribution in [0, 0.1) is 5.82 Å². The molecular formula is C16H20FN3S. The zero-order valence-corrected chi connectivity index (χ0v) is 13.2. The number of hydrogen-bond donors (Lipinski definition) is 1. The fourth-order valence-corrected chi connectivity index (χ4v) is 4.12. The van der Waals surface area contributed by atoms with Gasteiger partial charge in [-0.05, 0) is 51.4 Å².